The molecule has 7 nitrogen and oxygen atoms in total. The molecule has 1 saturated carbocycles. The number of nitriles is 1. The van der Waals surface area contributed by atoms with Gasteiger partial charge < -0.3 is 9.80 Å². The summed E-state index contributed by atoms with van der Waals surface area (Å²) in [6, 6.07) is 7.74. The molecule has 2 aromatic rings. The van der Waals surface area contributed by atoms with Crippen molar-refractivity contribution in [1.82, 2.24) is 20.2 Å². The topological polar surface area (TPSA) is 81.8 Å². The van der Waals surface area contributed by atoms with E-state index in [1.54, 1.807) is 12.4 Å². The fourth-order valence-electron chi connectivity index (χ4n) is 3.07. The van der Waals surface area contributed by atoms with Crippen molar-refractivity contribution in [3.05, 3.63) is 35.9 Å². The molecule has 0 radical (unpaired) electrons. The van der Waals surface area contributed by atoms with Crippen LogP contribution in [-0.2, 0) is 0 Å². The lowest BCUT2D eigenvalue weighted by molar-refractivity contribution is 0.783. The van der Waals surface area contributed by atoms with Gasteiger partial charge in [-0.05, 0) is 31.4 Å². The van der Waals surface area contributed by atoms with Crippen molar-refractivity contribution in [2.75, 3.05) is 36.0 Å². The highest BCUT2D eigenvalue weighted by molar-refractivity contribution is 5.44. The van der Waals surface area contributed by atoms with Gasteiger partial charge in [-0.25, -0.2) is 9.97 Å². The maximum Gasteiger partial charge on any atom is 0.163 e. The maximum absolute atomic E-state index is 8.83. The summed E-state index contributed by atoms with van der Waals surface area (Å²) in [5, 5.41) is 16.9. The van der Waals surface area contributed by atoms with E-state index in [1.807, 2.05) is 12.1 Å². The van der Waals surface area contributed by atoms with E-state index in [9.17, 15) is 0 Å². The zero-order valence-electron chi connectivity index (χ0n) is 13.5. The summed E-state index contributed by atoms with van der Waals surface area (Å²) in [6.07, 6.45) is 5.23. The number of aromatic nitrogens is 4. The predicted octanol–water partition coefficient (Wildman–Crippen LogP) is 1.73. The fraction of sp³-hybridized carbons (Fsp3) is 0.471. The van der Waals surface area contributed by atoms with Gasteiger partial charge in [0.1, 0.15) is 18.2 Å². The molecule has 0 atom stereocenters. The second-order valence-corrected chi connectivity index (χ2v) is 6.29. The highest BCUT2D eigenvalue weighted by Crippen LogP contribution is 2.39. The fourth-order valence-corrected chi connectivity index (χ4v) is 3.07. The third-order valence-corrected chi connectivity index (χ3v) is 4.58. The number of hydrogen-bond acceptors (Lipinski definition) is 7. The quantitative estimate of drug-likeness (QED) is 0.851. The van der Waals surface area contributed by atoms with E-state index in [0.29, 0.717) is 11.6 Å². The Morgan fingerprint density at radius 3 is 2.42 bits per heavy atom. The van der Waals surface area contributed by atoms with Gasteiger partial charge in [0.05, 0.1) is 0 Å². The summed E-state index contributed by atoms with van der Waals surface area (Å²) in [4.78, 5) is 13.4. The van der Waals surface area contributed by atoms with Gasteiger partial charge in [0.25, 0.3) is 0 Å². The Balaban J connectivity index is 1.45. The minimum atomic E-state index is 0.351. The van der Waals surface area contributed by atoms with Crippen molar-refractivity contribution in [1.29, 1.82) is 5.26 Å². The molecule has 0 bridgehead atoms. The van der Waals surface area contributed by atoms with Crippen molar-refractivity contribution >= 4 is 11.6 Å². The molecule has 3 heterocycles. The monoisotopic (exact) mass is 321 g/mol. The van der Waals surface area contributed by atoms with Crippen LogP contribution in [0.2, 0.25) is 0 Å². The van der Waals surface area contributed by atoms with Gasteiger partial charge in [-0.1, -0.05) is 0 Å². The summed E-state index contributed by atoms with van der Waals surface area (Å²) >= 11 is 0. The molecule has 7 heteroatoms. The Hall–Kier alpha value is -2.75. The molecule has 0 aromatic carbocycles. The zero-order chi connectivity index (χ0) is 16.4. The predicted molar refractivity (Wildman–Crippen MR) is 89.8 cm³/mol. The van der Waals surface area contributed by atoms with Crippen LogP contribution in [0.15, 0.2) is 24.5 Å². The number of anilines is 2. The van der Waals surface area contributed by atoms with Gasteiger partial charge in [-0.3, -0.25) is 0 Å². The van der Waals surface area contributed by atoms with Crippen molar-refractivity contribution in [3.63, 3.8) is 0 Å². The SMILES string of the molecule is N#Cc1ccc(N2CCCN(c3cc(C4CC4)ncn3)CC2)nn1. The van der Waals surface area contributed by atoms with E-state index in [1.165, 1.54) is 18.5 Å². The van der Waals surface area contributed by atoms with Crippen LogP contribution in [0.5, 0.6) is 0 Å². The highest BCUT2D eigenvalue weighted by Gasteiger charge is 2.26. The molecule has 0 amide bonds. The molecule has 24 heavy (non-hydrogen) atoms. The van der Waals surface area contributed by atoms with Crippen LogP contribution in [0.1, 0.15) is 36.6 Å². The largest absolute Gasteiger partial charge is 0.355 e. The third-order valence-electron chi connectivity index (χ3n) is 4.58. The molecule has 0 unspecified atom stereocenters. The van der Waals surface area contributed by atoms with Gasteiger partial charge in [0.15, 0.2) is 11.5 Å². The molecule has 2 aliphatic rings. The first kappa shape index (κ1) is 14.8. The lowest BCUT2D eigenvalue weighted by Gasteiger charge is -2.23. The minimum Gasteiger partial charge on any atom is -0.355 e. The molecule has 2 aromatic heterocycles. The van der Waals surface area contributed by atoms with Crippen molar-refractivity contribution in [2.24, 2.45) is 0 Å². The van der Waals surface area contributed by atoms with E-state index in [0.717, 1.165) is 44.2 Å². The van der Waals surface area contributed by atoms with Crippen LogP contribution in [-0.4, -0.2) is 46.3 Å². The first-order chi connectivity index (χ1) is 11.8. The number of nitrogens with zero attached hydrogens (tertiary/aromatic N) is 7. The lowest BCUT2D eigenvalue weighted by atomic mass is 10.2. The average Bonchev–Trinajstić information content (AvgIpc) is 3.48. The van der Waals surface area contributed by atoms with Crippen LogP contribution in [0.3, 0.4) is 0 Å². The van der Waals surface area contributed by atoms with Gasteiger partial charge >= 0.3 is 0 Å². The van der Waals surface area contributed by atoms with Crippen LogP contribution in [0, 0.1) is 11.3 Å². The Kier molecular flexibility index (Phi) is 3.95. The summed E-state index contributed by atoms with van der Waals surface area (Å²) in [5.74, 6) is 2.50. The average molecular weight is 321 g/mol. The number of rotatable bonds is 3. The van der Waals surface area contributed by atoms with E-state index in [2.05, 4.69) is 36.0 Å². The lowest BCUT2D eigenvalue weighted by Crippen LogP contribution is -2.31. The molecular formula is C17H19N7. The summed E-state index contributed by atoms with van der Waals surface area (Å²) < 4.78 is 0. The van der Waals surface area contributed by atoms with Crippen molar-refractivity contribution < 1.29 is 0 Å². The molecule has 0 spiro atoms. The molecule has 1 aliphatic carbocycles. The van der Waals surface area contributed by atoms with Crippen LogP contribution < -0.4 is 9.80 Å². The third kappa shape index (κ3) is 3.13. The first-order valence-electron chi connectivity index (χ1n) is 8.39. The van der Waals surface area contributed by atoms with Gasteiger partial charge in [-0.15, -0.1) is 10.2 Å². The Labute approximate surface area is 141 Å². The Morgan fingerprint density at radius 2 is 1.75 bits per heavy atom. The summed E-state index contributed by atoms with van der Waals surface area (Å²) in [5.41, 5.74) is 1.53. The molecule has 122 valence electrons. The van der Waals surface area contributed by atoms with Crippen molar-refractivity contribution in [3.8, 4) is 6.07 Å². The summed E-state index contributed by atoms with van der Waals surface area (Å²) in [7, 11) is 0. The minimum absolute atomic E-state index is 0.351. The molecule has 1 saturated heterocycles. The van der Waals surface area contributed by atoms with E-state index >= 15 is 0 Å². The normalized spacial score (nSPS) is 18.1. The molecule has 1 aliphatic heterocycles. The number of hydrogen-bond donors (Lipinski definition) is 0. The Morgan fingerprint density at radius 1 is 0.958 bits per heavy atom. The van der Waals surface area contributed by atoms with E-state index < -0.39 is 0 Å². The van der Waals surface area contributed by atoms with Crippen molar-refractivity contribution in [2.45, 2.75) is 25.2 Å². The molecule has 0 N–H and O–H groups in total. The maximum atomic E-state index is 8.83. The van der Waals surface area contributed by atoms with Crippen LogP contribution >= 0.6 is 0 Å². The summed E-state index contributed by atoms with van der Waals surface area (Å²) in [6.45, 7) is 3.66. The van der Waals surface area contributed by atoms with Gasteiger partial charge in [-0.2, -0.15) is 5.26 Å². The standard InChI is InChI=1S/C17H19N7/c18-11-14-4-5-16(22-21-14)23-6-1-7-24(9-8-23)17-10-15(13-2-3-13)19-12-20-17/h4-5,10,12-13H,1-3,6-9H2. The highest BCUT2D eigenvalue weighted by atomic mass is 15.3. The van der Waals surface area contributed by atoms with Crippen LogP contribution in [0.4, 0.5) is 11.6 Å². The second kappa shape index (κ2) is 6.40. The molecule has 2 fully saturated rings. The van der Waals surface area contributed by atoms with E-state index in [-0.39, 0.29) is 0 Å². The smallest absolute Gasteiger partial charge is 0.163 e. The first-order valence-corrected chi connectivity index (χ1v) is 8.39. The second-order valence-electron chi connectivity index (χ2n) is 6.29. The van der Waals surface area contributed by atoms with Gasteiger partial charge in [0.2, 0.25) is 0 Å². The van der Waals surface area contributed by atoms with Crippen LogP contribution in [0.25, 0.3) is 0 Å². The van der Waals surface area contributed by atoms with E-state index in [4.69, 9.17) is 5.26 Å². The van der Waals surface area contributed by atoms with Gasteiger partial charge in [0, 0.05) is 43.9 Å². The zero-order valence-corrected chi connectivity index (χ0v) is 13.5. The Bertz CT molecular complexity index is 748. The molecular weight excluding hydrogens is 302 g/mol. The molecule has 4 rings (SSSR count).